The second-order valence-electron chi connectivity index (χ2n) is 8.07. The van der Waals surface area contributed by atoms with Crippen molar-refractivity contribution >= 4 is 0 Å². The lowest BCUT2D eigenvalue weighted by Crippen LogP contribution is -2.20. The molecular weight excluding hydrogens is 356 g/mol. The molecule has 148 valence electrons. The quantitative estimate of drug-likeness (QED) is 0.667. The van der Waals surface area contributed by atoms with Crippen molar-refractivity contribution in [2.24, 2.45) is 7.05 Å². The molecule has 0 aromatic carbocycles. The van der Waals surface area contributed by atoms with Gasteiger partial charge in [0.2, 0.25) is 17.6 Å². The Hall–Kier alpha value is -2.48. The highest BCUT2D eigenvalue weighted by molar-refractivity contribution is 5.49. The first-order valence-electron chi connectivity index (χ1n) is 10.3. The van der Waals surface area contributed by atoms with Gasteiger partial charge in [-0.25, -0.2) is 0 Å². The van der Waals surface area contributed by atoms with Gasteiger partial charge < -0.3 is 13.6 Å². The Kier molecular flexibility index (Phi) is 4.72. The van der Waals surface area contributed by atoms with Crippen LogP contribution >= 0.6 is 0 Å². The monoisotopic (exact) mass is 382 g/mol. The minimum absolute atomic E-state index is 0.256. The van der Waals surface area contributed by atoms with E-state index in [1.54, 1.807) is 0 Å². The van der Waals surface area contributed by atoms with Gasteiger partial charge in [0, 0.05) is 25.7 Å². The third-order valence-corrected chi connectivity index (χ3v) is 6.04. The van der Waals surface area contributed by atoms with E-state index in [9.17, 15) is 0 Å². The van der Waals surface area contributed by atoms with Crippen molar-refractivity contribution in [3.8, 4) is 11.5 Å². The van der Waals surface area contributed by atoms with Gasteiger partial charge in [-0.3, -0.25) is 4.90 Å². The lowest BCUT2D eigenvalue weighted by molar-refractivity contribution is 0.289. The first-order valence-corrected chi connectivity index (χ1v) is 10.3. The number of aryl methyl sites for hydroxylation is 1. The van der Waals surface area contributed by atoms with E-state index in [0.717, 1.165) is 42.8 Å². The highest BCUT2D eigenvalue weighted by atomic mass is 16.5. The molecule has 4 heterocycles. The topological polar surface area (TPSA) is 86.0 Å². The van der Waals surface area contributed by atoms with E-state index in [-0.39, 0.29) is 5.92 Å². The zero-order valence-corrected chi connectivity index (χ0v) is 16.3. The molecule has 0 N–H and O–H groups in total. The van der Waals surface area contributed by atoms with Crippen LogP contribution in [0, 0.1) is 0 Å². The Morgan fingerprint density at radius 1 is 1.00 bits per heavy atom. The zero-order valence-electron chi connectivity index (χ0n) is 16.3. The third kappa shape index (κ3) is 3.48. The van der Waals surface area contributed by atoms with Crippen LogP contribution < -0.4 is 0 Å². The Morgan fingerprint density at radius 2 is 1.82 bits per heavy atom. The van der Waals surface area contributed by atoms with E-state index in [1.807, 2.05) is 29.9 Å². The summed E-state index contributed by atoms with van der Waals surface area (Å²) in [7, 11) is 1.98. The molecule has 2 fully saturated rings. The molecule has 0 spiro atoms. The summed E-state index contributed by atoms with van der Waals surface area (Å²) in [5, 5.41) is 8.38. The predicted molar refractivity (Wildman–Crippen MR) is 101 cm³/mol. The van der Waals surface area contributed by atoms with E-state index < -0.39 is 0 Å². The van der Waals surface area contributed by atoms with Crippen LogP contribution in [0.25, 0.3) is 11.5 Å². The molecular formula is C20H26N6O2. The SMILES string of the molecule is Cn1cccc1-c1noc(C2CCN(Cc3noc(C4CCCCC4)n3)C2)n1. The van der Waals surface area contributed by atoms with Gasteiger partial charge in [-0.2, -0.15) is 9.97 Å². The number of aromatic nitrogens is 5. The second-order valence-corrected chi connectivity index (χ2v) is 8.07. The predicted octanol–water partition coefficient (Wildman–Crippen LogP) is 3.50. The van der Waals surface area contributed by atoms with Crippen LogP contribution in [0.1, 0.15) is 68.0 Å². The Labute approximate surface area is 163 Å². The average molecular weight is 382 g/mol. The number of hydrogen-bond acceptors (Lipinski definition) is 7. The van der Waals surface area contributed by atoms with Gasteiger partial charge in [-0.05, 0) is 37.9 Å². The van der Waals surface area contributed by atoms with Crippen molar-refractivity contribution in [1.29, 1.82) is 0 Å². The number of likely N-dealkylation sites (tertiary alicyclic amines) is 1. The molecule has 0 radical (unpaired) electrons. The summed E-state index contributed by atoms with van der Waals surface area (Å²) < 4.78 is 13.1. The highest BCUT2D eigenvalue weighted by Gasteiger charge is 2.30. The van der Waals surface area contributed by atoms with Gasteiger partial charge in [0.15, 0.2) is 5.82 Å². The normalized spacial score (nSPS) is 21.5. The van der Waals surface area contributed by atoms with Crippen molar-refractivity contribution in [3.63, 3.8) is 0 Å². The zero-order chi connectivity index (χ0) is 18.9. The van der Waals surface area contributed by atoms with Crippen LogP contribution in [0.3, 0.4) is 0 Å². The van der Waals surface area contributed by atoms with E-state index in [4.69, 9.17) is 9.05 Å². The van der Waals surface area contributed by atoms with Crippen LogP contribution in [0.2, 0.25) is 0 Å². The van der Waals surface area contributed by atoms with Crippen LogP contribution in [0.5, 0.6) is 0 Å². The maximum atomic E-state index is 5.56. The largest absolute Gasteiger partial charge is 0.348 e. The molecule has 1 unspecified atom stereocenters. The summed E-state index contributed by atoms with van der Waals surface area (Å²) in [4.78, 5) is 11.6. The van der Waals surface area contributed by atoms with E-state index >= 15 is 0 Å². The number of hydrogen-bond donors (Lipinski definition) is 0. The molecule has 3 aromatic heterocycles. The fourth-order valence-electron chi connectivity index (χ4n) is 4.42. The molecule has 1 saturated carbocycles. The van der Waals surface area contributed by atoms with Crippen LogP contribution in [0.15, 0.2) is 27.4 Å². The summed E-state index contributed by atoms with van der Waals surface area (Å²) in [6.07, 6.45) is 9.20. The lowest BCUT2D eigenvalue weighted by Gasteiger charge is -2.17. The summed E-state index contributed by atoms with van der Waals surface area (Å²) in [6.45, 7) is 2.56. The van der Waals surface area contributed by atoms with Crippen LogP contribution in [0.4, 0.5) is 0 Å². The maximum Gasteiger partial charge on any atom is 0.231 e. The van der Waals surface area contributed by atoms with Gasteiger partial charge in [0.1, 0.15) is 0 Å². The second kappa shape index (κ2) is 7.50. The molecule has 0 amide bonds. The Bertz CT molecular complexity index is 923. The molecule has 1 aliphatic carbocycles. The average Bonchev–Trinajstić information content (AvgIpc) is 3.50. The molecule has 5 rings (SSSR count). The molecule has 2 aliphatic rings. The fraction of sp³-hybridized carbons (Fsp3) is 0.600. The summed E-state index contributed by atoms with van der Waals surface area (Å²) in [5.74, 6) is 3.69. The Morgan fingerprint density at radius 3 is 2.64 bits per heavy atom. The fourth-order valence-corrected chi connectivity index (χ4v) is 4.42. The molecule has 28 heavy (non-hydrogen) atoms. The van der Waals surface area contributed by atoms with Crippen molar-refractivity contribution in [2.45, 2.75) is 56.9 Å². The molecule has 3 aromatic rings. The molecule has 1 aliphatic heterocycles. The first kappa shape index (κ1) is 17.6. The number of nitrogens with zero attached hydrogens (tertiary/aromatic N) is 6. The minimum atomic E-state index is 0.256. The van der Waals surface area contributed by atoms with Crippen molar-refractivity contribution in [2.75, 3.05) is 13.1 Å². The van der Waals surface area contributed by atoms with Crippen molar-refractivity contribution in [3.05, 3.63) is 35.9 Å². The highest BCUT2D eigenvalue weighted by Crippen LogP contribution is 2.32. The van der Waals surface area contributed by atoms with Gasteiger partial charge in [0.05, 0.1) is 18.2 Å². The standard InChI is InChI=1S/C20H26N6O2/c1-25-10-5-8-16(25)18-22-20(28-24-18)15-9-11-26(12-15)13-17-21-19(27-23-17)14-6-3-2-4-7-14/h5,8,10,14-15H,2-4,6-7,9,11-13H2,1H3. The summed E-state index contributed by atoms with van der Waals surface area (Å²) in [5.41, 5.74) is 0.965. The molecule has 0 bridgehead atoms. The summed E-state index contributed by atoms with van der Waals surface area (Å²) >= 11 is 0. The minimum Gasteiger partial charge on any atom is -0.348 e. The summed E-state index contributed by atoms with van der Waals surface area (Å²) in [6, 6.07) is 3.98. The van der Waals surface area contributed by atoms with Crippen molar-refractivity contribution < 1.29 is 9.05 Å². The maximum absolute atomic E-state index is 5.56. The van der Waals surface area contributed by atoms with Crippen molar-refractivity contribution in [1.82, 2.24) is 29.7 Å². The van der Waals surface area contributed by atoms with E-state index in [0.29, 0.717) is 18.3 Å². The lowest BCUT2D eigenvalue weighted by atomic mass is 9.89. The molecule has 8 heteroatoms. The van der Waals surface area contributed by atoms with Crippen LogP contribution in [-0.2, 0) is 13.6 Å². The van der Waals surface area contributed by atoms with E-state index in [1.165, 1.54) is 32.1 Å². The van der Waals surface area contributed by atoms with Gasteiger partial charge >= 0.3 is 0 Å². The van der Waals surface area contributed by atoms with E-state index in [2.05, 4.69) is 25.2 Å². The first-order chi connectivity index (χ1) is 13.8. The van der Waals surface area contributed by atoms with Gasteiger partial charge in [-0.15, -0.1) is 0 Å². The third-order valence-electron chi connectivity index (χ3n) is 6.04. The number of rotatable bonds is 5. The van der Waals surface area contributed by atoms with Gasteiger partial charge in [-0.1, -0.05) is 29.6 Å². The molecule has 8 nitrogen and oxygen atoms in total. The smallest absolute Gasteiger partial charge is 0.231 e. The molecule has 1 saturated heterocycles. The Balaban J connectivity index is 1.20. The molecule has 1 atom stereocenters. The van der Waals surface area contributed by atoms with Crippen LogP contribution in [-0.4, -0.2) is 42.8 Å². The van der Waals surface area contributed by atoms with Gasteiger partial charge in [0.25, 0.3) is 0 Å².